The van der Waals surface area contributed by atoms with E-state index in [2.05, 4.69) is 27.1 Å². The molecule has 22 heavy (non-hydrogen) atoms. The largest absolute Gasteiger partial charge is 0.345 e. The molecule has 1 fully saturated rings. The first-order valence-corrected chi connectivity index (χ1v) is 8.11. The summed E-state index contributed by atoms with van der Waals surface area (Å²) in [6.45, 7) is 7.12. The monoisotopic (exact) mass is 317 g/mol. The first-order valence-electron chi connectivity index (χ1n) is 7.29. The fourth-order valence-electron chi connectivity index (χ4n) is 2.32. The fraction of sp³-hybridized carbons (Fsp3) is 0.400. The number of piperazine rings is 1. The zero-order valence-electron chi connectivity index (χ0n) is 12.7. The standard InChI is InChI=1S/C15H19N5OS/c1-11-12(2)22-15(17-11)20-9-7-19(8-10-20)14(21)18-13-5-3-4-6-16-13/h3-6H,7-10H2,1-2H3,(H,16,18,21). The number of rotatable bonds is 2. The molecule has 6 nitrogen and oxygen atoms in total. The number of nitrogens with zero attached hydrogens (tertiary/aromatic N) is 4. The smallest absolute Gasteiger partial charge is 0.323 e. The third-order valence-corrected chi connectivity index (χ3v) is 4.89. The fourth-order valence-corrected chi connectivity index (χ4v) is 3.28. The van der Waals surface area contributed by atoms with Gasteiger partial charge in [-0.25, -0.2) is 14.8 Å². The Balaban J connectivity index is 1.56. The number of carbonyl (C=O) groups excluding carboxylic acids is 1. The Morgan fingerprint density at radius 2 is 2.00 bits per heavy atom. The summed E-state index contributed by atoms with van der Waals surface area (Å²) in [6.07, 6.45) is 1.67. The molecule has 3 rings (SSSR count). The van der Waals surface area contributed by atoms with Crippen LogP contribution in [0.2, 0.25) is 0 Å². The molecule has 2 amide bonds. The minimum atomic E-state index is -0.0927. The van der Waals surface area contributed by atoms with Crippen molar-refractivity contribution in [2.45, 2.75) is 13.8 Å². The lowest BCUT2D eigenvalue weighted by Gasteiger charge is -2.34. The minimum absolute atomic E-state index is 0.0927. The predicted molar refractivity (Wildman–Crippen MR) is 88.6 cm³/mol. The van der Waals surface area contributed by atoms with Crippen molar-refractivity contribution in [2.75, 3.05) is 36.4 Å². The summed E-state index contributed by atoms with van der Waals surface area (Å²) < 4.78 is 0. The van der Waals surface area contributed by atoms with E-state index in [-0.39, 0.29) is 6.03 Å². The van der Waals surface area contributed by atoms with Gasteiger partial charge in [-0.15, -0.1) is 11.3 Å². The van der Waals surface area contributed by atoms with Crippen molar-refractivity contribution in [1.82, 2.24) is 14.9 Å². The molecular formula is C15H19N5OS. The second kappa shape index (κ2) is 6.31. The van der Waals surface area contributed by atoms with Crippen LogP contribution in [0.25, 0.3) is 0 Å². The van der Waals surface area contributed by atoms with Gasteiger partial charge in [0.25, 0.3) is 0 Å². The summed E-state index contributed by atoms with van der Waals surface area (Å²) in [5.74, 6) is 0.584. The second-order valence-corrected chi connectivity index (χ2v) is 6.44. The van der Waals surface area contributed by atoms with E-state index in [0.717, 1.165) is 23.9 Å². The van der Waals surface area contributed by atoms with Gasteiger partial charge in [0.05, 0.1) is 5.69 Å². The van der Waals surface area contributed by atoms with E-state index in [4.69, 9.17) is 0 Å². The van der Waals surface area contributed by atoms with E-state index in [1.54, 1.807) is 23.6 Å². The van der Waals surface area contributed by atoms with Crippen LogP contribution < -0.4 is 10.2 Å². The molecule has 1 aliphatic heterocycles. The first kappa shape index (κ1) is 14.8. The van der Waals surface area contributed by atoms with Gasteiger partial charge in [0.15, 0.2) is 5.13 Å². The molecule has 2 aromatic heterocycles. The minimum Gasteiger partial charge on any atom is -0.345 e. The molecule has 2 aromatic rings. The molecule has 0 saturated carbocycles. The third kappa shape index (κ3) is 3.19. The number of anilines is 2. The van der Waals surface area contributed by atoms with Crippen LogP contribution in [-0.4, -0.2) is 47.1 Å². The molecule has 7 heteroatoms. The summed E-state index contributed by atoms with van der Waals surface area (Å²) in [7, 11) is 0. The Morgan fingerprint density at radius 1 is 1.23 bits per heavy atom. The van der Waals surface area contributed by atoms with Gasteiger partial charge in [0, 0.05) is 37.3 Å². The summed E-state index contributed by atoms with van der Waals surface area (Å²) in [4.78, 5) is 26.2. The van der Waals surface area contributed by atoms with Gasteiger partial charge in [-0.05, 0) is 26.0 Å². The lowest BCUT2D eigenvalue weighted by atomic mass is 10.3. The topological polar surface area (TPSA) is 61.4 Å². The van der Waals surface area contributed by atoms with Crippen LogP contribution in [0.3, 0.4) is 0 Å². The maximum atomic E-state index is 12.2. The van der Waals surface area contributed by atoms with Crippen molar-refractivity contribution in [3.8, 4) is 0 Å². The Bertz CT molecular complexity index is 630. The highest BCUT2D eigenvalue weighted by atomic mass is 32.1. The Labute approximate surface area is 133 Å². The van der Waals surface area contributed by atoms with Crippen molar-refractivity contribution < 1.29 is 4.79 Å². The zero-order valence-corrected chi connectivity index (χ0v) is 13.6. The number of thiazole rings is 1. The maximum absolute atomic E-state index is 12.2. The van der Waals surface area contributed by atoms with Crippen molar-refractivity contribution in [3.05, 3.63) is 35.0 Å². The van der Waals surface area contributed by atoms with Crippen LogP contribution in [0.15, 0.2) is 24.4 Å². The Morgan fingerprint density at radius 3 is 2.59 bits per heavy atom. The quantitative estimate of drug-likeness (QED) is 0.924. The average molecular weight is 317 g/mol. The normalized spacial score (nSPS) is 15.0. The van der Waals surface area contributed by atoms with E-state index in [9.17, 15) is 4.79 Å². The van der Waals surface area contributed by atoms with Crippen LogP contribution >= 0.6 is 11.3 Å². The molecule has 0 radical (unpaired) electrons. The van der Waals surface area contributed by atoms with E-state index in [0.29, 0.717) is 18.9 Å². The molecule has 1 aliphatic rings. The number of aryl methyl sites for hydroxylation is 2. The van der Waals surface area contributed by atoms with Gasteiger partial charge < -0.3 is 9.80 Å². The number of urea groups is 1. The number of amides is 2. The van der Waals surface area contributed by atoms with Crippen LogP contribution in [0, 0.1) is 13.8 Å². The third-order valence-electron chi connectivity index (χ3n) is 3.75. The number of nitrogens with one attached hydrogen (secondary N) is 1. The lowest BCUT2D eigenvalue weighted by Crippen LogP contribution is -2.50. The molecule has 1 N–H and O–H groups in total. The molecule has 0 spiro atoms. The number of aromatic nitrogens is 2. The molecule has 116 valence electrons. The van der Waals surface area contributed by atoms with Crippen LogP contribution in [0.5, 0.6) is 0 Å². The summed E-state index contributed by atoms with van der Waals surface area (Å²) >= 11 is 1.72. The van der Waals surface area contributed by atoms with Gasteiger partial charge >= 0.3 is 6.03 Å². The average Bonchev–Trinajstić information content (AvgIpc) is 2.88. The molecule has 0 atom stereocenters. The molecule has 3 heterocycles. The van der Waals surface area contributed by atoms with Crippen molar-refractivity contribution in [2.24, 2.45) is 0 Å². The molecule has 0 aliphatic carbocycles. The first-order chi connectivity index (χ1) is 10.6. The highest BCUT2D eigenvalue weighted by Gasteiger charge is 2.23. The molecule has 0 bridgehead atoms. The van der Waals surface area contributed by atoms with Gasteiger partial charge in [0.1, 0.15) is 5.82 Å². The van der Waals surface area contributed by atoms with Crippen molar-refractivity contribution >= 4 is 28.3 Å². The van der Waals surface area contributed by atoms with E-state index in [1.165, 1.54) is 4.88 Å². The lowest BCUT2D eigenvalue weighted by molar-refractivity contribution is 0.208. The van der Waals surface area contributed by atoms with Crippen LogP contribution in [0.4, 0.5) is 15.7 Å². The van der Waals surface area contributed by atoms with E-state index in [1.807, 2.05) is 24.0 Å². The highest BCUT2D eigenvalue weighted by molar-refractivity contribution is 7.15. The van der Waals surface area contributed by atoms with Gasteiger partial charge in [-0.2, -0.15) is 0 Å². The van der Waals surface area contributed by atoms with Gasteiger partial charge in [-0.1, -0.05) is 6.07 Å². The number of pyridine rings is 1. The van der Waals surface area contributed by atoms with E-state index >= 15 is 0 Å². The van der Waals surface area contributed by atoms with Crippen LogP contribution in [-0.2, 0) is 0 Å². The number of carbonyl (C=O) groups is 1. The summed E-state index contributed by atoms with van der Waals surface area (Å²) in [5.41, 5.74) is 1.09. The Hall–Kier alpha value is -2.15. The zero-order chi connectivity index (χ0) is 15.5. The van der Waals surface area contributed by atoms with Crippen molar-refractivity contribution in [1.29, 1.82) is 0 Å². The number of hydrogen-bond acceptors (Lipinski definition) is 5. The Kier molecular flexibility index (Phi) is 4.24. The van der Waals surface area contributed by atoms with E-state index < -0.39 is 0 Å². The highest BCUT2D eigenvalue weighted by Crippen LogP contribution is 2.26. The predicted octanol–water partition coefficient (Wildman–Crippen LogP) is 2.51. The summed E-state index contributed by atoms with van der Waals surface area (Å²) in [6, 6.07) is 5.37. The molecule has 0 aromatic carbocycles. The van der Waals surface area contributed by atoms with Crippen molar-refractivity contribution in [3.63, 3.8) is 0 Å². The second-order valence-electron chi connectivity index (χ2n) is 5.26. The molecular weight excluding hydrogens is 298 g/mol. The molecule has 1 saturated heterocycles. The summed E-state index contributed by atoms with van der Waals surface area (Å²) in [5, 5.41) is 3.88. The SMILES string of the molecule is Cc1nc(N2CCN(C(=O)Nc3ccccn3)CC2)sc1C. The number of hydrogen-bond donors (Lipinski definition) is 1. The van der Waals surface area contributed by atoms with Gasteiger partial charge in [-0.3, -0.25) is 5.32 Å². The van der Waals surface area contributed by atoms with Gasteiger partial charge in [0.2, 0.25) is 0 Å². The van der Waals surface area contributed by atoms with Crippen LogP contribution in [0.1, 0.15) is 10.6 Å². The maximum Gasteiger partial charge on any atom is 0.323 e. The molecule has 0 unspecified atom stereocenters.